The molecule has 28 heavy (non-hydrogen) atoms. The highest BCUT2D eigenvalue weighted by Crippen LogP contribution is 2.80. The summed E-state index contributed by atoms with van der Waals surface area (Å²) in [4.78, 5) is 26.5. The Bertz CT molecular complexity index is 833. The van der Waals surface area contributed by atoms with E-state index in [1.807, 2.05) is 24.3 Å². The van der Waals surface area contributed by atoms with E-state index in [0.29, 0.717) is 13.0 Å². The molecule has 6 N–H and O–H groups in total. The summed E-state index contributed by atoms with van der Waals surface area (Å²) in [6, 6.07) is 7.68. The van der Waals surface area contributed by atoms with Gasteiger partial charge in [-0.25, -0.2) is 0 Å². The van der Waals surface area contributed by atoms with Crippen LogP contribution in [0.15, 0.2) is 40.9 Å². The van der Waals surface area contributed by atoms with Gasteiger partial charge in [-0.15, -0.1) is 0 Å². The van der Waals surface area contributed by atoms with Gasteiger partial charge in [0.25, 0.3) is 0 Å². The number of hydrogen-bond donors (Lipinski definition) is 3. The number of carbonyl (C=O) groups is 2. The first-order valence-electron chi connectivity index (χ1n) is 10.1. The third kappa shape index (κ3) is 2.28. The molecule has 2 saturated carbocycles. The molecule has 0 saturated heterocycles. The van der Waals surface area contributed by atoms with Gasteiger partial charge in [0.2, 0.25) is 11.8 Å². The smallest absolute Gasteiger partial charge is 0.229 e. The Labute approximate surface area is 174 Å². The summed E-state index contributed by atoms with van der Waals surface area (Å²) in [5.41, 5.74) is 16.6. The molecule has 4 rings (SSSR count). The first kappa shape index (κ1) is 19.6. The molecule has 0 aromatic heterocycles. The quantitative estimate of drug-likeness (QED) is 0.422. The van der Waals surface area contributed by atoms with Crippen LogP contribution in [0.1, 0.15) is 44.1 Å². The summed E-state index contributed by atoms with van der Waals surface area (Å²) in [6.07, 6.45) is 9.47. The average Bonchev–Trinajstić information content (AvgIpc) is 3.32. The molecule has 0 unspecified atom stereocenters. The maximum atomic E-state index is 13.3. The second-order valence-corrected chi connectivity index (χ2v) is 9.60. The van der Waals surface area contributed by atoms with E-state index in [4.69, 9.17) is 17.2 Å². The van der Waals surface area contributed by atoms with Gasteiger partial charge in [0.1, 0.15) is 0 Å². The third-order valence-electron chi connectivity index (χ3n) is 7.67. The Morgan fingerprint density at radius 2 is 1.61 bits per heavy atom. The molecule has 6 heteroatoms. The minimum absolute atomic E-state index is 0.0310. The van der Waals surface area contributed by atoms with Crippen molar-refractivity contribution in [2.24, 2.45) is 39.9 Å². The summed E-state index contributed by atoms with van der Waals surface area (Å²) >= 11 is 3.47. The number of hydrogen-bond acceptors (Lipinski definition) is 3. The molecule has 4 atom stereocenters. The van der Waals surface area contributed by atoms with Crippen LogP contribution in [0, 0.1) is 22.7 Å². The van der Waals surface area contributed by atoms with Gasteiger partial charge < -0.3 is 17.2 Å². The Morgan fingerprint density at radius 3 is 2.14 bits per heavy atom. The lowest BCUT2D eigenvalue weighted by Crippen LogP contribution is -2.62. The van der Waals surface area contributed by atoms with Crippen LogP contribution in [-0.2, 0) is 15.0 Å². The van der Waals surface area contributed by atoms with Crippen LogP contribution >= 0.6 is 15.9 Å². The molecule has 1 spiro atoms. The summed E-state index contributed by atoms with van der Waals surface area (Å²) in [7, 11) is 0. The van der Waals surface area contributed by atoms with E-state index in [-0.39, 0.29) is 17.3 Å². The molecule has 1 aromatic carbocycles. The van der Waals surface area contributed by atoms with E-state index in [1.54, 1.807) is 0 Å². The van der Waals surface area contributed by atoms with Crippen molar-refractivity contribution in [1.82, 2.24) is 0 Å². The monoisotopic (exact) mass is 445 g/mol. The van der Waals surface area contributed by atoms with Crippen molar-refractivity contribution >= 4 is 27.7 Å². The fraction of sp³-hybridized carbons (Fsp3) is 0.545. The summed E-state index contributed by atoms with van der Waals surface area (Å²) in [5, 5.41) is 0. The number of rotatable bonds is 8. The Balaban J connectivity index is 1.92. The van der Waals surface area contributed by atoms with Gasteiger partial charge in [0.05, 0.1) is 10.8 Å². The standard InChI is InChI=1S/C22H28BrN3O2/c23-15-6-4-14(5-7-15)22(19(26)28)17-9-8-16(20(17)11-12-20)21(22,18(25)27)10-2-1-3-13-24/h4-9,16-17H,1-3,10-13,24H2,(H2,25,27)(H2,26,28)/t16-,17+,21+,22-/m1/s1. The second kappa shape index (κ2) is 6.70. The number of benzene rings is 1. The van der Waals surface area contributed by atoms with Crippen LogP contribution in [0.5, 0.6) is 0 Å². The Hall–Kier alpha value is -1.66. The largest absolute Gasteiger partial charge is 0.369 e. The maximum absolute atomic E-state index is 13.3. The van der Waals surface area contributed by atoms with E-state index in [9.17, 15) is 9.59 Å². The summed E-state index contributed by atoms with van der Waals surface area (Å²) < 4.78 is 0.920. The molecule has 2 fully saturated rings. The van der Waals surface area contributed by atoms with Gasteiger partial charge >= 0.3 is 0 Å². The fourth-order valence-electron chi connectivity index (χ4n) is 6.53. The van der Waals surface area contributed by atoms with Gasteiger partial charge in [0, 0.05) is 10.4 Å². The number of amides is 2. The van der Waals surface area contributed by atoms with Crippen molar-refractivity contribution in [3.8, 4) is 0 Å². The fourth-order valence-corrected chi connectivity index (χ4v) is 6.80. The molecule has 0 heterocycles. The molecular weight excluding hydrogens is 418 g/mol. The molecule has 3 aliphatic rings. The second-order valence-electron chi connectivity index (χ2n) is 8.69. The van der Waals surface area contributed by atoms with Crippen LogP contribution in [-0.4, -0.2) is 18.4 Å². The number of nitrogens with two attached hydrogens (primary N) is 3. The van der Waals surface area contributed by atoms with Crippen LogP contribution in [0.25, 0.3) is 0 Å². The molecule has 0 aliphatic heterocycles. The maximum Gasteiger partial charge on any atom is 0.229 e. The van der Waals surface area contributed by atoms with Crippen molar-refractivity contribution in [2.75, 3.05) is 6.54 Å². The van der Waals surface area contributed by atoms with Gasteiger partial charge in [-0.1, -0.05) is 53.1 Å². The molecular formula is C22H28BrN3O2. The lowest BCUT2D eigenvalue weighted by Gasteiger charge is -2.48. The molecule has 3 aliphatic carbocycles. The third-order valence-corrected chi connectivity index (χ3v) is 8.20. The lowest BCUT2D eigenvalue weighted by atomic mass is 9.52. The molecule has 150 valence electrons. The number of primary amides is 2. The average molecular weight is 446 g/mol. The molecule has 1 aromatic rings. The van der Waals surface area contributed by atoms with Gasteiger partial charge in [-0.3, -0.25) is 9.59 Å². The van der Waals surface area contributed by atoms with Crippen molar-refractivity contribution in [2.45, 2.75) is 43.9 Å². The van der Waals surface area contributed by atoms with E-state index in [1.165, 1.54) is 0 Å². The Kier molecular flexibility index (Phi) is 4.70. The Morgan fingerprint density at radius 1 is 0.964 bits per heavy atom. The lowest BCUT2D eigenvalue weighted by molar-refractivity contribution is -0.143. The van der Waals surface area contributed by atoms with Crippen LogP contribution in [0.3, 0.4) is 0 Å². The zero-order valence-corrected chi connectivity index (χ0v) is 17.6. The van der Waals surface area contributed by atoms with Gasteiger partial charge in [0.15, 0.2) is 0 Å². The SMILES string of the molecule is NCCCCC[C@@]1(C(N)=O)[C@@H]2C=C[C@@H](C23CC3)[C@@]1(C(N)=O)c1ccc(Br)cc1. The van der Waals surface area contributed by atoms with E-state index in [2.05, 4.69) is 28.1 Å². The minimum Gasteiger partial charge on any atom is -0.369 e. The first-order valence-corrected chi connectivity index (χ1v) is 10.9. The minimum atomic E-state index is -1.10. The number of halogens is 1. The first-order chi connectivity index (χ1) is 13.4. The highest BCUT2D eigenvalue weighted by atomic mass is 79.9. The predicted octanol–water partition coefficient (Wildman–Crippen LogP) is 2.76. The summed E-state index contributed by atoms with van der Waals surface area (Å²) in [5.74, 6) is -0.942. The van der Waals surface area contributed by atoms with Crippen molar-refractivity contribution in [3.05, 3.63) is 46.5 Å². The summed E-state index contributed by atoms with van der Waals surface area (Å²) in [6.45, 7) is 0.618. The zero-order chi connectivity index (χ0) is 20.2. The molecule has 0 radical (unpaired) electrons. The van der Waals surface area contributed by atoms with Crippen molar-refractivity contribution in [3.63, 3.8) is 0 Å². The number of allylic oxidation sites excluding steroid dienone is 2. The van der Waals surface area contributed by atoms with Crippen molar-refractivity contribution < 1.29 is 9.59 Å². The van der Waals surface area contributed by atoms with Crippen molar-refractivity contribution in [1.29, 1.82) is 0 Å². The highest BCUT2D eigenvalue weighted by Gasteiger charge is 2.82. The van der Waals surface area contributed by atoms with E-state index in [0.717, 1.165) is 42.1 Å². The normalized spacial score (nSPS) is 34.1. The number of carbonyl (C=O) groups excluding carboxylic acids is 2. The topological polar surface area (TPSA) is 112 Å². The molecule has 2 amide bonds. The molecule has 2 bridgehead atoms. The van der Waals surface area contributed by atoms with Crippen LogP contribution in [0.2, 0.25) is 0 Å². The van der Waals surface area contributed by atoms with Crippen LogP contribution in [0.4, 0.5) is 0 Å². The zero-order valence-electron chi connectivity index (χ0n) is 16.0. The number of unbranched alkanes of at least 4 members (excludes halogenated alkanes) is 2. The van der Waals surface area contributed by atoms with Gasteiger partial charge in [-0.05, 0) is 61.3 Å². The van der Waals surface area contributed by atoms with E-state index >= 15 is 0 Å². The van der Waals surface area contributed by atoms with E-state index < -0.39 is 22.6 Å². The molecule has 5 nitrogen and oxygen atoms in total. The predicted molar refractivity (Wildman–Crippen MR) is 112 cm³/mol. The highest BCUT2D eigenvalue weighted by molar-refractivity contribution is 9.10. The van der Waals surface area contributed by atoms with Gasteiger partial charge in [-0.2, -0.15) is 0 Å². The van der Waals surface area contributed by atoms with Crippen LogP contribution < -0.4 is 17.2 Å².